The van der Waals surface area contributed by atoms with Crippen LogP contribution in [0.4, 0.5) is 11.4 Å². The van der Waals surface area contributed by atoms with E-state index in [-0.39, 0.29) is 10.7 Å². The van der Waals surface area contributed by atoms with Crippen LogP contribution < -0.4 is 10.2 Å². The number of hydrogen-bond donors (Lipinski definition) is 1. The van der Waals surface area contributed by atoms with Gasteiger partial charge in [-0.2, -0.15) is 0 Å². The van der Waals surface area contributed by atoms with Gasteiger partial charge in [0, 0.05) is 19.2 Å². The molecule has 0 radical (unpaired) electrons. The minimum absolute atomic E-state index is 0.00928. The Hall–Kier alpha value is -1.04. The molecular weight excluding hydrogens is 313 g/mol. The third-order valence-corrected chi connectivity index (χ3v) is 4.54. The molecular formula is C14H19Cl2N3O2. The maximum Gasteiger partial charge on any atom is 0.294 e. The van der Waals surface area contributed by atoms with Crippen LogP contribution in [0.25, 0.3) is 0 Å². The van der Waals surface area contributed by atoms with Crippen LogP contribution in [0, 0.1) is 16.0 Å². The quantitative estimate of drug-likeness (QED) is 0.659. The molecule has 1 fully saturated rings. The van der Waals surface area contributed by atoms with Gasteiger partial charge in [-0.05, 0) is 44.8 Å². The van der Waals surface area contributed by atoms with E-state index in [1.807, 2.05) is 11.8 Å². The Bertz CT molecular complexity index is 519. The lowest BCUT2D eigenvalue weighted by Gasteiger charge is -2.30. The first-order chi connectivity index (χ1) is 10.0. The smallest absolute Gasteiger partial charge is 0.294 e. The van der Waals surface area contributed by atoms with Crippen molar-refractivity contribution in [2.75, 3.05) is 31.1 Å². The second-order valence-electron chi connectivity index (χ2n) is 5.26. The summed E-state index contributed by atoms with van der Waals surface area (Å²) in [5.74, 6) is 0.493. The lowest BCUT2D eigenvalue weighted by Crippen LogP contribution is -2.38. The fraction of sp³-hybridized carbons (Fsp3) is 0.571. The fourth-order valence-corrected chi connectivity index (χ4v) is 3.03. The van der Waals surface area contributed by atoms with Crippen LogP contribution in [0.1, 0.15) is 19.8 Å². The van der Waals surface area contributed by atoms with Gasteiger partial charge in [-0.3, -0.25) is 10.1 Å². The number of piperidine rings is 1. The standard InChI is InChI=1S/C14H19Cl2N3O2/c1-2-18(9-10-4-3-5-17-8-10)13-6-11(15)12(16)7-14(13)19(20)21/h6-7,10,17H,2-5,8-9H2,1H3. The van der Waals surface area contributed by atoms with E-state index >= 15 is 0 Å². The molecule has 0 aliphatic carbocycles. The lowest BCUT2D eigenvalue weighted by atomic mass is 9.98. The number of nitrogens with one attached hydrogen (secondary N) is 1. The Kier molecular flexibility index (Phi) is 5.67. The van der Waals surface area contributed by atoms with Crippen LogP contribution in [0.5, 0.6) is 0 Å². The van der Waals surface area contributed by atoms with Crippen molar-refractivity contribution in [3.05, 3.63) is 32.3 Å². The van der Waals surface area contributed by atoms with Gasteiger partial charge in [-0.25, -0.2) is 0 Å². The monoisotopic (exact) mass is 331 g/mol. The van der Waals surface area contributed by atoms with Crippen LogP contribution in [0.15, 0.2) is 12.1 Å². The Morgan fingerprint density at radius 1 is 1.43 bits per heavy atom. The van der Waals surface area contributed by atoms with Crippen molar-refractivity contribution in [3.8, 4) is 0 Å². The second kappa shape index (κ2) is 7.29. The molecule has 2 rings (SSSR count). The maximum absolute atomic E-state index is 11.3. The highest BCUT2D eigenvalue weighted by atomic mass is 35.5. The molecule has 1 unspecified atom stereocenters. The van der Waals surface area contributed by atoms with Gasteiger partial charge in [0.15, 0.2) is 0 Å². The average Bonchev–Trinajstić information content (AvgIpc) is 2.48. The van der Waals surface area contributed by atoms with Gasteiger partial charge in [0.25, 0.3) is 5.69 Å². The van der Waals surface area contributed by atoms with E-state index in [0.717, 1.165) is 32.5 Å². The summed E-state index contributed by atoms with van der Waals surface area (Å²) in [6.07, 6.45) is 2.28. The first-order valence-electron chi connectivity index (χ1n) is 7.12. The van der Waals surface area contributed by atoms with E-state index in [4.69, 9.17) is 23.2 Å². The second-order valence-corrected chi connectivity index (χ2v) is 6.08. The van der Waals surface area contributed by atoms with Crippen LogP contribution in [-0.2, 0) is 0 Å². The molecule has 5 nitrogen and oxygen atoms in total. The van der Waals surface area contributed by atoms with Crippen LogP contribution >= 0.6 is 23.2 Å². The van der Waals surface area contributed by atoms with Crippen molar-refractivity contribution in [2.24, 2.45) is 5.92 Å². The number of hydrogen-bond acceptors (Lipinski definition) is 4. The number of nitro groups is 1. The number of benzene rings is 1. The highest BCUT2D eigenvalue weighted by molar-refractivity contribution is 6.42. The highest BCUT2D eigenvalue weighted by Crippen LogP contribution is 2.36. The Labute approximate surface area is 134 Å². The number of nitrogens with zero attached hydrogens (tertiary/aromatic N) is 2. The van der Waals surface area contributed by atoms with E-state index in [1.54, 1.807) is 6.07 Å². The summed E-state index contributed by atoms with van der Waals surface area (Å²) in [5.41, 5.74) is 0.553. The van der Waals surface area contributed by atoms with E-state index < -0.39 is 4.92 Å². The number of nitro benzene ring substituents is 1. The minimum Gasteiger partial charge on any atom is -0.366 e. The molecule has 1 aliphatic rings. The number of halogens is 2. The maximum atomic E-state index is 11.3. The first-order valence-corrected chi connectivity index (χ1v) is 7.87. The van der Waals surface area contributed by atoms with Gasteiger partial charge in [0.05, 0.1) is 15.0 Å². The molecule has 1 aromatic rings. The molecule has 1 saturated heterocycles. The number of anilines is 1. The summed E-state index contributed by atoms with van der Waals surface area (Å²) in [6.45, 7) is 5.46. The molecule has 7 heteroatoms. The molecule has 0 spiro atoms. The van der Waals surface area contributed by atoms with E-state index in [0.29, 0.717) is 23.2 Å². The van der Waals surface area contributed by atoms with Gasteiger partial charge >= 0.3 is 0 Å². The Morgan fingerprint density at radius 3 is 2.71 bits per heavy atom. The predicted molar refractivity (Wildman–Crippen MR) is 86.6 cm³/mol. The third kappa shape index (κ3) is 3.99. The van der Waals surface area contributed by atoms with Gasteiger partial charge in [0.2, 0.25) is 0 Å². The van der Waals surface area contributed by atoms with E-state index in [9.17, 15) is 10.1 Å². The van der Waals surface area contributed by atoms with Gasteiger partial charge in [-0.15, -0.1) is 0 Å². The Balaban J connectivity index is 2.27. The average molecular weight is 332 g/mol. The topological polar surface area (TPSA) is 58.4 Å². The summed E-state index contributed by atoms with van der Waals surface area (Å²) in [5, 5.41) is 15.2. The van der Waals surface area contributed by atoms with Gasteiger partial charge < -0.3 is 10.2 Å². The van der Waals surface area contributed by atoms with Crippen molar-refractivity contribution in [1.29, 1.82) is 0 Å². The number of rotatable bonds is 5. The molecule has 0 aromatic heterocycles. The molecule has 116 valence electrons. The SMILES string of the molecule is CCN(CC1CCCNC1)c1cc(Cl)c(Cl)cc1[N+](=O)[O-]. The summed E-state index contributed by atoms with van der Waals surface area (Å²) in [7, 11) is 0. The summed E-state index contributed by atoms with van der Waals surface area (Å²) in [4.78, 5) is 12.9. The predicted octanol–water partition coefficient (Wildman–Crippen LogP) is 3.73. The summed E-state index contributed by atoms with van der Waals surface area (Å²) < 4.78 is 0. The first kappa shape index (κ1) is 16.3. The molecule has 1 atom stereocenters. The molecule has 1 N–H and O–H groups in total. The zero-order chi connectivity index (χ0) is 15.4. The van der Waals surface area contributed by atoms with Crippen LogP contribution in [0.2, 0.25) is 10.0 Å². The molecule has 1 aromatic carbocycles. The van der Waals surface area contributed by atoms with Crippen molar-refractivity contribution in [3.63, 3.8) is 0 Å². The molecule has 1 heterocycles. The molecule has 1 aliphatic heterocycles. The lowest BCUT2D eigenvalue weighted by molar-refractivity contribution is -0.384. The zero-order valence-corrected chi connectivity index (χ0v) is 13.5. The largest absolute Gasteiger partial charge is 0.366 e. The minimum atomic E-state index is -0.403. The van der Waals surface area contributed by atoms with Crippen molar-refractivity contribution >= 4 is 34.6 Å². The van der Waals surface area contributed by atoms with Crippen LogP contribution in [0.3, 0.4) is 0 Å². The van der Waals surface area contributed by atoms with Gasteiger partial charge in [-0.1, -0.05) is 23.2 Å². The summed E-state index contributed by atoms with van der Waals surface area (Å²) in [6, 6.07) is 2.93. The van der Waals surface area contributed by atoms with Gasteiger partial charge in [0.1, 0.15) is 5.69 Å². The van der Waals surface area contributed by atoms with E-state index in [2.05, 4.69) is 5.32 Å². The molecule has 21 heavy (non-hydrogen) atoms. The zero-order valence-electron chi connectivity index (χ0n) is 11.9. The van der Waals surface area contributed by atoms with E-state index in [1.165, 1.54) is 6.07 Å². The highest BCUT2D eigenvalue weighted by Gasteiger charge is 2.24. The van der Waals surface area contributed by atoms with Crippen molar-refractivity contribution < 1.29 is 4.92 Å². The molecule has 0 amide bonds. The van der Waals surface area contributed by atoms with Crippen molar-refractivity contribution in [1.82, 2.24) is 5.32 Å². The third-order valence-electron chi connectivity index (χ3n) is 3.81. The molecule has 0 saturated carbocycles. The summed E-state index contributed by atoms with van der Waals surface area (Å²) >= 11 is 11.9. The normalized spacial score (nSPS) is 18.5. The van der Waals surface area contributed by atoms with Crippen LogP contribution in [-0.4, -0.2) is 31.1 Å². The fourth-order valence-electron chi connectivity index (χ4n) is 2.71. The molecule has 0 bridgehead atoms. The van der Waals surface area contributed by atoms with Crippen molar-refractivity contribution in [2.45, 2.75) is 19.8 Å². The Morgan fingerprint density at radius 2 is 2.14 bits per heavy atom.